The van der Waals surface area contributed by atoms with Crippen molar-refractivity contribution in [2.75, 3.05) is 0 Å². The molecule has 0 saturated carbocycles. The van der Waals surface area contributed by atoms with Crippen LogP contribution < -0.4 is 0 Å². The van der Waals surface area contributed by atoms with Crippen LogP contribution in [0.3, 0.4) is 0 Å². The number of hydrogen-bond donors (Lipinski definition) is 0. The molecule has 0 aromatic heterocycles. The van der Waals surface area contributed by atoms with Crippen LogP contribution in [0.15, 0.2) is 0 Å². The van der Waals surface area contributed by atoms with E-state index >= 15 is 0 Å². The molecule has 0 aliphatic carbocycles. The molecule has 0 amide bonds. The molecule has 0 unspecified atom stereocenters. The van der Waals surface area contributed by atoms with E-state index in [-0.39, 0.29) is 0 Å². The zero-order valence-corrected chi connectivity index (χ0v) is 5.63. The van der Waals surface area contributed by atoms with E-state index in [2.05, 4.69) is 19.0 Å². The summed E-state index contributed by atoms with van der Waals surface area (Å²) in [5, 5.41) is 0. The van der Waals surface area contributed by atoms with E-state index in [0.29, 0.717) is 0 Å². The van der Waals surface area contributed by atoms with Crippen molar-refractivity contribution >= 4 is 18.2 Å². The Morgan fingerprint density at radius 2 is 2.14 bits per heavy atom. The van der Waals surface area contributed by atoms with Crippen molar-refractivity contribution in [3.8, 4) is 0 Å². The molecular formula is C5H11BS. The molecule has 0 aromatic carbocycles. The maximum atomic E-state index is 4.64. The normalized spacial score (nSPS) is 8.14. The Hall–Kier alpha value is 0.285. The Morgan fingerprint density at radius 3 is 2.57 bits per heavy atom. The molecule has 0 bridgehead atoms. The van der Waals surface area contributed by atoms with E-state index in [9.17, 15) is 0 Å². The first kappa shape index (κ1) is 7.28. The van der Waals surface area contributed by atoms with Crippen LogP contribution in [-0.2, 0) is 0 Å². The molecule has 2 heteroatoms. The summed E-state index contributed by atoms with van der Waals surface area (Å²) in [5.74, 6) is 0. The molecule has 7 heavy (non-hydrogen) atoms. The van der Waals surface area contributed by atoms with Gasteiger partial charge in [0.05, 0.1) is 0 Å². The fourth-order valence-corrected chi connectivity index (χ4v) is 0.644. The molecule has 0 aromatic rings. The standard InChI is InChI=1S/C5H11BS/c1-2-3-4-5-6-7/h2-5H2,1H3. The van der Waals surface area contributed by atoms with Crippen molar-refractivity contribution in [1.29, 1.82) is 0 Å². The Balaban J connectivity index is 2.56. The Kier molecular flexibility index (Phi) is 6.54. The van der Waals surface area contributed by atoms with Crippen molar-refractivity contribution in [2.24, 2.45) is 0 Å². The fraction of sp³-hybridized carbons (Fsp3) is 1.00. The molecule has 0 spiro atoms. The Morgan fingerprint density at radius 1 is 1.43 bits per heavy atom. The molecule has 0 aliphatic heterocycles. The average molecular weight is 114 g/mol. The van der Waals surface area contributed by atoms with Gasteiger partial charge in [-0.05, 0) is 0 Å². The van der Waals surface area contributed by atoms with Crippen LogP contribution in [0, 0.1) is 0 Å². The summed E-state index contributed by atoms with van der Waals surface area (Å²) >= 11 is 4.64. The third-order valence-corrected chi connectivity index (χ3v) is 1.16. The molecule has 0 radical (unpaired) electrons. The summed E-state index contributed by atoms with van der Waals surface area (Å²) in [6, 6.07) is 0. The molecule has 0 fully saturated rings. The molecule has 0 heterocycles. The summed E-state index contributed by atoms with van der Waals surface area (Å²) in [5.41, 5.74) is 0. The van der Waals surface area contributed by atoms with E-state index < -0.39 is 0 Å². The second kappa shape index (κ2) is 6.28. The van der Waals surface area contributed by atoms with Gasteiger partial charge in [-0.1, -0.05) is 0 Å². The van der Waals surface area contributed by atoms with Crippen LogP contribution in [0.2, 0.25) is 6.32 Å². The molecule has 0 saturated heterocycles. The maximum absolute atomic E-state index is 4.64. The first-order valence-corrected chi connectivity index (χ1v) is 3.32. The van der Waals surface area contributed by atoms with Crippen LogP contribution in [0.5, 0.6) is 0 Å². The van der Waals surface area contributed by atoms with Gasteiger partial charge in [0.1, 0.15) is 0 Å². The van der Waals surface area contributed by atoms with Crippen LogP contribution in [0.4, 0.5) is 0 Å². The van der Waals surface area contributed by atoms with Gasteiger partial charge in [-0.15, -0.1) is 0 Å². The first-order valence-electron chi connectivity index (χ1n) is 2.85. The number of rotatable bonds is 4. The van der Waals surface area contributed by atoms with Crippen LogP contribution in [-0.4, -0.2) is 6.15 Å². The van der Waals surface area contributed by atoms with E-state index in [4.69, 9.17) is 0 Å². The van der Waals surface area contributed by atoms with Crippen LogP contribution in [0.1, 0.15) is 26.2 Å². The number of unbranched alkanes of at least 4 members (excludes halogenated alkanes) is 2. The second-order valence-electron chi connectivity index (χ2n) is 1.66. The predicted octanol–water partition coefficient (Wildman–Crippen LogP) is 2.41. The van der Waals surface area contributed by atoms with Gasteiger partial charge in [-0.25, -0.2) is 0 Å². The quantitative estimate of drug-likeness (QED) is 0.399. The van der Waals surface area contributed by atoms with E-state index in [1.54, 1.807) is 0 Å². The summed E-state index contributed by atoms with van der Waals surface area (Å²) in [7, 11) is 0. The monoisotopic (exact) mass is 114 g/mol. The van der Waals surface area contributed by atoms with Crippen molar-refractivity contribution in [2.45, 2.75) is 32.5 Å². The van der Waals surface area contributed by atoms with E-state index in [0.717, 1.165) is 6.32 Å². The Bertz CT molecular complexity index is 45.3. The average Bonchev–Trinajstić information content (AvgIpc) is 1.69. The molecule has 0 nitrogen and oxygen atoms in total. The minimum atomic E-state index is 1.11. The summed E-state index contributed by atoms with van der Waals surface area (Å²) in [4.78, 5) is 0. The van der Waals surface area contributed by atoms with Crippen LogP contribution >= 0.6 is 12.1 Å². The first-order chi connectivity index (χ1) is 3.41. The molecule has 0 rings (SSSR count). The SMILES string of the molecule is CCCCCB=S. The summed E-state index contributed by atoms with van der Waals surface area (Å²) in [6.07, 6.45) is 6.83. The number of hydrogen-bond acceptors (Lipinski definition) is 1. The fourth-order valence-electron chi connectivity index (χ4n) is 0.478. The van der Waals surface area contributed by atoms with E-state index in [1.807, 2.05) is 6.15 Å². The van der Waals surface area contributed by atoms with Gasteiger partial charge in [0.15, 0.2) is 0 Å². The third kappa shape index (κ3) is 6.28. The van der Waals surface area contributed by atoms with Gasteiger partial charge in [0, 0.05) is 0 Å². The van der Waals surface area contributed by atoms with Crippen molar-refractivity contribution < 1.29 is 0 Å². The van der Waals surface area contributed by atoms with E-state index in [1.165, 1.54) is 19.3 Å². The molecule has 40 valence electrons. The molecule has 0 aliphatic rings. The van der Waals surface area contributed by atoms with Gasteiger partial charge in [-0.3, -0.25) is 0 Å². The summed E-state index contributed by atoms with van der Waals surface area (Å²) in [6.45, 7) is 2.20. The minimum absolute atomic E-state index is 1.11. The summed E-state index contributed by atoms with van der Waals surface area (Å²) < 4.78 is 0. The van der Waals surface area contributed by atoms with Gasteiger partial charge in [-0.2, -0.15) is 0 Å². The topological polar surface area (TPSA) is 0 Å². The van der Waals surface area contributed by atoms with Gasteiger partial charge in [0.25, 0.3) is 0 Å². The second-order valence-corrected chi connectivity index (χ2v) is 2.00. The van der Waals surface area contributed by atoms with Crippen molar-refractivity contribution in [1.82, 2.24) is 0 Å². The zero-order valence-electron chi connectivity index (χ0n) is 4.81. The molecule has 0 N–H and O–H groups in total. The van der Waals surface area contributed by atoms with Gasteiger partial charge in [0.2, 0.25) is 0 Å². The van der Waals surface area contributed by atoms with Crippen molar-refractivity contribution in [3.05, 3.63) is 0 Å². The zero-order chi connectivity index (χ0) is 5.54. The predicted molar refractivity (Wildman–Crippen MR) is 37.7 cm³/mol. The van der Waals surface area contributed by atoms with Gasteiger partial charge < -0.3 is 0 Å². The third-order valence-electron chi connectivity index (χ3n) is 0.926. The van der Waals surface area contributed by atoms with Crippen molar-refractivity contribution in [3.63, 3.8) is 0 Å². The molecule has 0 atom stereocenters. The Labute approximate surface area is 51.4 Å². The molecular weight excluding hydrogens is 103 g/mol. The van der Waals surface area contributed by atoms with Gasteiger partial charge >= 0.3 is 50.7 Å². The van der Waals surface area contributed by atoms with Crippen LogP contribution in [0.25, 0.3) is 0 Å².